The Balaban J connectivity index is 2.05. The molecule has 0 unspecified atom stereocenters. The molecule has 1 N–H and O–H groups in total. The summed E-state index contributed by atoms with van der Waals surface area (Å²) in [7, 11) is 0. The standard InChI is InChI=1S/C12H13NO3/c1-2-12(14)13-8-9-3-4-10-11(7-9)16-6-5-15-10/h2-4,7H,1,5-6,8H2,(H,13,14). The molecule has 84 valence electrons. The molecule has 0 aliphatic carbocycles. The van der Waals surface area contributed by atoms with Gasteiger partial charge in [0.05, 0.1) is 0 Å². The summed E-state index contributed by atoms with van der Waals surface area (Å²) in [4.78, 5) is 11.0. The first kappa shape index (κ1) is 10.5. The number of amides is 1. The van der Waals surface area contributed by atoms with Crippen LogP contribution in [0.2, 0.25) is 0 Å². The van der Waals surface area contributed by atoms with Gasteiger partial charge in [-0.15, -0.1) is 0 Å². The summed E-state index contributed by atoms with van der Waals surface area (Å²) in [6.45, 7) is 4.99. The Morgan fingerprint density at radius 2 is 2.12 bits per heavy atom. The van der Waals surface area contributed by atoms with Gasteiger partial charge in [-0.05, 0) is 23.8 Å². The number of carbonyl (C=O) groups excluding carboxylic acids is 1. The number of hydrogen-bond acceptors (Lipinski definition) is 3. The van der Waals surface area contributed by atoms with Crippen LogP contribution in [0.3, 0.4) is 0 Å². The molecule has 0 aromatic heterocycles. The Hall–Kier alpha value is -1.97. The third-order valence-electron chi connectivity index (χ3n) is 2.26. The van der Waals surface area contributed by atoms with Gasteiger partial charge in [0.25, 0.3) is 0 Å². The van der Waals surface area contributed by atoms with Gasteiger partial charge < -0.3 is 14.8 Å². The average molecular weight is 219 g/mol. The lowest BCUT2D eigenvalue weighted by Gasteiger charge is -2.18. The first-order valence-electron chi connectivity index (χ1n) is 5.08. The number of nitrogens with one attached hydrogen (secondary N) is 1. The molecule has 0 spiro atoms. The van der Waals surface area contributed by atoms with Gasteiger partial charge in [-0.25, -0.2) is 0 Å². The van der Waals surface area contributed by atoms with E-state index < -0.39 is 0 Å². The van der Waals surface area contributed by atoms with Gasteiger partial charge in [-0.1, -0.05) is 12.6 Å². The van der Waals surface area contributed by atoms with Gasteiger partial charge in [0, 0.05) is 6.54 Å². The van der Waals surface area contributed by atoms with Crippen molar-refractivity contribution in [3.63, 3.8) is 0 Å². The number of hydrogen-bond donors (Lipinski definition) is 1. The van der Waals surface area contributed by atoms with Crippen LogP contribution in [0.15, 0.2) is 30.9 Å². The Morgan fingerprint density at radius 3 is 2.88 bits per heavy atom. The molecule has 1 aromatic rings. The first-order valence-corrected chi connectivity index (χ1v) is 5.08. The maximum Gasteiger partial charge on any atom is 0.243 e. The summed E-state index contributed by atoms with van der Waals surface area (Å²) in [6.07, 6.45) is 1.25. The van der Waals surface area contributed by atoms with Crippen molar-refractivity contribution in [1.82, 2.24) is 5.32 Å². The second-order valence-electron chi connectivity index (χ2n) is 3.40. The average Bonchev–Trinajstić information content (AvgIpc) is 2.35. The van der Waals surface area contributed by atoms with E-state index in [1.54, 1.807) is 0 Å². The summed E-state index contributed by atoms with van der Waals surface area (Å²) in [5, 5.41) is 2.70. The smallest absolute Gasteiger partial charge is 0.243 e. The molecule has 0 radical (unpaired) electrons. The lowest BCUT2D eigenvalue weighted by atomic mass is 10.2. The van der Waals surface area contributed by atoms with Crippen molar-refractivity contribution in [3.8, 4) is 11.5 Å². The largest absolute Gasteiger partial charge is 0.486 e. The predicted octanol–water partition coefficient (Wildman–Crippen LogP) is 1.26. The van der Waals surface area contributed by atoms with Crippen LogP contribution >= 0.6 is 0 Å². The molecular weight excluding hydrogens is 206 g/mol. The zero-order valence-corrected chi connectivity index (χ0v) is 8.86. The maximum absolute atomic E-state index is 11.0. The number of carbonyl (C=O) groups is 1. The fraction of sp³-hybridized carbons (Fsp3) is 0.250. The summed E-state index contributed by atoms with van der Waals surface area (Å²) >= 11 is 0. The van der Waals surface area contributed by atoms with Crippen molar-refractivity contribution in [2.24, 2.45) is 0 Å². The van der Waals surface area contributed by atoms with Crippen LogP contribution in [0, 0.1) is 0 Å². The molecule has 0 fully saturated rings. The van der Waals surface area contributed by atoms with Crippen molar-refractivity contribution >= 4 is 5.91 Å². The highest BCUT2D eigenvalue weighted by Crippen LogP contribution is 2.30. The van der Waals surface area contributed by atoms with Gasteiger partial charge in [0.15, 0.2) is 11.5 Å². The third kappa shape index (κ3) is 2.34. The van der Waals surface area contributed by atoms with Gasteiger partial charge in [-0.3, -0.25) is 4.79 Å². The molecule has 1 heterocycles. The van der Waals surface area contributed by atoms with Gasteiger partial charge in [0.1, 0.15) is 13.2 Å². The quantitative estimate of drug-likeness (QED) is 0.778. The molecule has 0 saturated carbocycles. The van der Waals surface area contributed by atoms with Crippen LogP contribution in [0.4, 0.5) is 0 Å². The van der Waals surface area contributed by atoms with Crippen LogP contribution in [0.25, 0.3) is 0 Å². The lowest BCUT2D eigenvalue weighted by Crippen LogP contribution is -2.20. The summed E-state index contributed by atoms with van der Waals surface area (Å²) in [5.41, 5.74) is 0.972. The van der Waals surface area contributed by atoms with E-state index >= 15 is 0 Å². The Morgan fingerprint density at radius 1 is 1.38 bits per heavy atom. The highest BCUT2D eigenvalue weighted by molar-refractivity contribution is 5.86. The third-order valence-corrected chi connectivity index (χ3v) is 2.26. The monoisotopic (exact) mass is 219 g/mol. The zero-order chi connectivity index (χ0) is 11.4. The number of fused-ring (bicyclic) bond motifs is 1. The number of rotatable bonds is 3. The topological polar surface area (TPSA) is 47.6 Å². The number of ether oxygens (including phenoxy) is 2. The molecule has 1 aromatic carbocycles. The second-order valence-corrected chi connectivity index (χ2v) is 3.40. The van der Waals surface area contributed by atoms with E-state index in [-0.39, 0.29) is 5.91 Å². The number of benzene rings is 1. The minimum atomic E-state index is -0.185. The fourth-order valence-corrected chi connectivity index (χ4v) is 1.46. The van der Waals surface area contributed by atoms with E-state index in [1.807, 2.05) is 18.2 Å². The van der Waals surface area contributed by atoms with Gasteiger partial charge >= 0.3 is 0 Å². The van der Waals surface area contributed by atoms with Crippen LogP contribution in [0.5, 0.6) is 11.5 Å². The van der Waals surface area contributed by atoms with Crippen molar-refractivity contribution in [2.75, 3.05) is 13.2 Å². The Kier molecular flexibility index (Phi) is 3.10. The summed E-state index contributed by atoms with van der Waals surface area (Å²) in [6, 6.07) is 5.62. The minimum Gasteiger partial charge on any atom is -0.486 e. The van der Waals surface area contributed by atoms with Crippen LogP contribution < -0.4 is 14.8 Å². The molecule has 1 aliphatic rings. The van der Waals surface area contributed by atoms with Crippen molar-refractivity contribution in [2.45, 2.75) is 6.54 Å². The van der Waals surface area contributed by atoms with Crippen molar-refractivity contribution < 1.29 is 14.3 Å². The predicted molar refractivity (Wildman–Crippen MR) is 59.5 cm³/mol. The first-order chi connectivity index (χ1) is 7.79. The van der Waals surface area contributed by atoms with Crippen LogP contribution in [-0.4, -0.2) is 19.1 Å². The van der Waals surface area contributed by atoms with E-state index in [0.717, 1.165) is 17.1 Å². The molecule has 4 nitrogen and oxygen atoms in total. The van der Waals surface area contributed by atoms with E-state index in [0.29, 0.717) is 19.8 Å². The molecule has 2 rings (SSSR count). The van der Waals surface area contributed by atoms with E-state index in [2.05, 4.69) is 11.9 Å². The molecule has 4 heteroatoms. The Bertz CT molecular complexity index is 415. The summed E-state index contributed by atoms with van der Waals surface area (Å²) < 4.78 is 10.8. The highest BCUT2D eigenvalue weighted by Gasteiger charge is 2.11. The molecule has 16 heavy (non-hydrogen) atoms. The molecule has 0 bridgehead atoms. The normalized spacial score (nSPS) is 13.0. The van der Waals surface area contributed by atoms with E-state index in [1.165, 1.54) is 6.08 Å². The molecular formula is C12H13NO3. The van der Waals surface area contributed by atoms with Gasteiger partial charge in [0.2, 0.25) is 5.91 Å². The van der Waals surface area contributed by atoms with E-state index in [4.69, 9.17) is 9.47 Å². The van der Waals surface area contributed by atoms with Crippen LogP contribution in [-0.2, 0) is 11.3 Å². The Labute approximate surface area is 93.9 Å². The maximum atomic E-state index is 11.0. The minimum absolute atomic E-state index is 0.185. The second kappa shape index (κ2) is 4.70. The summed E-state index contributed by atoms with van der Waals surface area (Å²) in [5.74, 6) is 1.30. The zero-order valence-electron chi connectivity index (χ0n) is 8.86. The lowest BCUT2D eigenvalue weighted by molar-refractivity contribution is -0.116. The molecule has 1 aliphatic heterocycles. The molecule has 0 saturated heterocycles. The molecule has 0 atom stereocenters. The van der Waals surface area contributed by atoms with Crippen LogP contribution in [0.1, 0.15) is 5.56 Å². The van der Waals surface area contributed by atoms with Crippen molar-refractivity contribution in [1.29, 1.82) is 0 Å². The van der Waals surface area contributed by atoms with Crippen molar-refractivity contribution in [3.05, 3.63) is 36.4 Å². The SMILES string of the molecule is C=CC(=O)NCc1ccc2c(c1)OCCO2. The van der Waals surface area contributed by atoms with Gasteiger partial charge in [-0.2, -0.15) is 0 Å². The van der Waals surface area contributed by atoms with E-state index in [9.17, 15) is 4.79 Å². The highest BCUT2D eigenvalue weighted by atomic mass is 16.6. The fourth-order valence-electron chi connectivity index (χ4n) is 1.46. The molecule has 1 amide bonds.